The Kier molecular flexibility index (Phi) is 14.4. The van der Waals surface area contributed by atoms with Crippen LogP contribution in [0.25, 0.3) is 0 Å². The van der Waals surface area contributed by atoms with E-state index in [0.717, 1.165) is 19.3 Å². The maximum absolute atomic E-state index is 12.0. The lowest BCUT2D eigenvalue weighted by atomic mass is 9.98. The van der Waals surface area contributed by atoms with Crippen LogP contribution in [0.4, 0.5) is 0 Å². The van der Waals surface area contributed by atoms with E-state index in [1.54, 1.807) is 0 Å². The van der Waals surface area contributed by atoms with E-state index in [0.29, 0.717) is 12.1 Å². The van der Waals surface area contributed by atoms with Crippen molar-refractivity contribution in [1.82, 2.24) is 15.0 Å². The van der Waals surface area contributed by atoms with Crippen molar-refractivity contribution in [3.05, 3.63) is 11.9 Å². The smallest absolute Gasteiger partial charge is 0.306 e. The summed E-state index contributed by atoms with van der Waals surface area (Å²) in [5, 5.41) is 47.0. The molecule has 2 rings (SSSR count). The molecule has 4 N–H and O–H groups in total. The summed E-state index contributed by atoms with van der Waals surface area (Å²) in [5.41, 5.74) is 0.362. The zero-order chi connectivity index (χ0) is 25.5. The zero-order valence-electron chi connectivity index (χ0n) is 21.1. The van der Waals surface area contributed by atoms with Crippen LogP contribution in [0.3, 0.4) is 0 Å². The highest BCUT2D eigenvalue weighted by Crippen LogP contribution is 2.27. The molecular weight excluding hydrogens is 454 g/mol. The van der Waals surface area contributed by atoms with Gasteiger partial charge in [-0.2, -0.15) is 0 Å². The van der Waals surface area contributed by atoms with Crippen molar-refractivity contribution in [2.45, 2.75) is 134 Å². The number of ether oxygens (including phenoxy) is 2. The normalized spacial score (nSPS) is 24.5. The summed E-state index contributed by atoms with van der Waals surface area (Å²) in [4.78, 5) is 12.0. The van der Waals surface area contributed by atoms with E-state index in [1.165, 1.54) is 75.1 Å². The summed E-state index contributed by atoms with van der Waals surface area (Å²) < 4.78 is 11.9. The van der Waals surface area contributed by atoms with Crippen molar-refractivity contribution in [2.75, 3.05) is 6.61 Å². The summed E-state index contributed by atoms with van der Waals surface area (Å²) in [7, 11) is 0. The van der Waals surface area contributed by atoms with E-state index in [-0.39, 0.29) is 12.6 Å². The number of unbranched alkanes of at least 4 members (excludes halogenated alkanes) is 12. The van der Waals surface area contributed by atoms with Gasteiger partial charge in [0.1, 0.15) is 36.7 Å². The number of hydrogen-bond donors (Lipinski definition) is 4. The van der Waals surface area contributed by atoms with Crippen LogP contribution in [-0.2, 0) is 20.9 Å². The van der Waals surface area contributed by atoms with Crippen molar-refractivity contribution in [3.8, 4) is 0 Å². The molecule has 35 heavy (non-hydrogen) atoms. The molecule has 202 valence electrons. The van der Waals surface area contributed by atoms with E-state index in [1.807, 2.05) is 0 Å². The first kappa shape index (κ1) is 29.6. The largest absolute Gasteiger partial charge is 0.459 e. The lowest BCUT2D eigenvalue weighted by molar-refractivity contribution is -0.254. The maximum atomic E-state index is 12.0. The SMILES string of the molecule is CCCCCCCCCCCCCCCC(=O)OCc1cn([C@@H]2O[C@H](CO)[C@@H](O)[C@H](O)[C@H]2O)nn1. The van der Waals surface area contributed by atoms with Gasteiger partial charge in [-0.3, -0.25) is 4.79 Å². The van der Waals surface area contributed by atoms with Crippen molar-refractivity contribution < 1.29 is 34.7 Å². The molecule has 2 heterocycles. The summed E-state index contributed by atoms with van der Waals surface area (Å²) in [6, 6.07) is 0. The van der Waals surface area contributed by atoms with Crippen LogP contribution < -0.4 is 0 Å². The molecule has 0 radical (unpaired) electrons. The molecule has 10 heteroatoms. The Bertz CT molecular complexity index is 700. The Hall–Kier alpha value is -1.59. The average molecular weight is 500 g/mol. The first-order valence-electron chi connectivity index (χ1n) is 13.3. The second-order valence-electron chi connectivity index (χ2n) is 9.56. The predicted molar refractivity (Wildman–Crippen MR) is 129 cm³/mol. The van der Waals surface area contributed by atoms with Gasteiger partial charge in [0.15, 0.2) is 6.23 Å². The highest BCUT2D eigenvalue weighted by atomic mass is 16.6. The first-order valence-corrected chi connectivity index (χ1v) is 13.3. The fourth-order valence-corrected chi connectivity index (χ4v) is 4.32. The van der Waals surface area contributed by atoms with E-state index in [9.17, 15) is 25.2 Å². The van der Waals surface area contributed by atoms with Gasteiger partial charge in [0.25, 0.3) is 0 Å². The molecule has 1 aliphatic heterocycles. The molecular formula is C25H45N3O7. The van der Waals surface area contributed by atoms with E-state index < -0.39 is 37.3 Å². The molecule has 1 aromatic heterocycles. The third-order valence-corrected chi connectivity index (χ3v) is 6.55. The molecule has 1 fully saturated rings. The molecule has 0 aliphatic carbocycles. The minimum Gasteiger partial charge on any atom is -0.459 e. The van der Waals surface area contributed by atoms with Gasteiger partial charge in [-0.15, -0.1) is 5.10 Å². The van der Waals surface area contributed by atoms with Crippen LogP contribution in [0.15, 0.2) is 6.20 Å². The van der Waals surface area contributed by atoms with Gasteiger partial charge in [0, 0.05) is 6.42 Å². The van der Waals surface area contributed by atoms with Crippen LogP contribution in [0.2, 0.25) is 0 Å². The number of esters is 1. The third-order valence-electron chi connectivity index (χ3n) is 6.55. The zero-order valence-corrected chi connectivity index (χ0v) is 21.1. The monoisotopic (exact) mass is 499 g/mol. The molecule has 0 unspecified atom stereocenters. The van der Waals surface area contributed by atoms with Crippen molar-refractivity contribution in [3.63, 3.8) is 0 Å². The summed E-state index contributed by atoms with van der Waals surface area (Å²) in [6.07, 6.45) is 11.4. The molecule has 0 aromatic carbocycles. The number of aliphatic hydroxyl groups is 4. The molecule has 0 saturated carbocycles. The van der Waals surface area contributed by atoms with Crippen LogP contribution in [0.1, 0.15) is 109 Å². The fraction of sp³-hybridized carbons (Fsp3) is 0.880. The molecule has 1 aliphatic rings. The Morgan fingerprint density at radius 3 is 2.06 bits per heavy atom. The second-order valence-corrected chi connectivity index (χ2v) is 9.56. The summed E-state index contributed by atoms with van der Waals surface area (Å²) in [6.45, 7) is 1.66. The molecule has 1 saturated heterocycles. The van der Waals surface area contributed by atoms with Gasteiger partial charge in [0.2, 0.25) is 0 Å². The fourth-order valence-electron chi connectivity index (χ4n) is 4.32. The van der Waals surface area contributed by atoms with Crippen molar-refractivity contribution in [2.24, 2.45) is 0 Å². The topological polar surface area (TPSA) is 147 Å². The highest BCUT2D eigenvalue weighted by molar-refractivity contribution is 5.69. The van der Waals surface area contributed by atoms with Crippen LogP contribution >= 0.6 is 0 Å². The predicted octanol–water partition coefficient (Wildman–Crippen LogP) is 2.77. The Morgan fingerprint density at radius 1 is 0.914 bits per heavy atom. The van der Waals surface area contributed by atoms with E-state index >= 15 is 0 Å². The Morgan fingerprint density at radius 2 is 1.49 bits per heavy atom. The molecule has 0 bridgehead atoms. The molecule has 0 amide bonds. The van der Waals surface area contributed by atoms with Gasteiger partial charge >= 0.3 is 5.97 Å². The average Bonchev–Trinajstić information content (AvgIpc) is 3.33. The van der Waals surface area contributed by atoms with Crippen LogP contribution in [0.5, 0.6) is 0 Å². The first-order chi connectivity index (χ1) is 17.0. The minimum atomic E-state index is -1.50. The van der Waals surface area contributed by atoms with Crippen molar-refractivity contribution in [1.29, 1.82) is 0 Å². The summed E-state index contributed by atoms with van der Waals surface area (Å²) >= 11 is 0. The van der Waals surface area contributed by atoms with Gasteiger partial charge in [-0.05, 0) is 6.42 Å². The standard InChI is InChI=1S/C25H45N3O7/c1-2-3-4-5-6-7-8-9-10-11-12-13-14-15-21(30)34-18-19-16-28(27-26-19)25-24(33)23(32)22(31)20(17-29)35-25/h16,20,22-25,29,31-33H,2-15,17-18H2,1H3/t20-,22-,23+,24-,25-/m1/s1. The van der Waals surface area contributed by atoms with Gasteiger partial charge in [-0.1, -0.05) is 89.2 Å². The van der Waals surface area contributed by atoms with Crippen LogP contribution in [-0.4, -0.2) is 72.4 Å². The quantitative estimate of drug-likeness (QED) is 0.177. The number of hydrogen-bond acceptors (Lipinski definition) is 9. The van der Waals surface area contributed by atoms with E-state index in [2.05, 4.69) is 17.2 Å². The Labute approximate surface area is 208 Å². The lowest BCUT2D eigenvalue weighted by Crippen LogP contribution is -2.56. The molecule has 0 spiro atoms. The number of carbonyl (C=O) groups excluding carboxylic acids is 1. The number of rotatable bonds is 18. The third kappa shape index (κ3) is 10.5. The minimum absolute atomic E-state index is 0.0608. The number of aliphatic hydroxyl groups excluding tert-OH is 4. The van der Waals surface area contributed by atoms with Gasteiger partial charge in [-0.25, -0.2) is 4.68 Å². The number of aromatic nitrogens is 3. The van der Waals surface area contributed by atoms with Gasteiger partial charge in [0.05, 0.1) is 12.8 Å². The Balaban J connectivity index is 1.53. The van der Waals surface area contributed by atoms with E-state index in [4.69, 9.17) is 9.47 Å². The second kappa shape index (κ2) is 17.0. The lowest BCUT2D eigenvalue weighted by Gasteiger charge is -2.39. The number of nitrogens with zero attached hydrogens (tertiary/aromatic N) is 3. The summed E-state index contributed by atoms with van der Waals surface area (Å²) in [5.74, 6) is -0.296. The van der Waals surface area contributed by atoms with Crippen LogP contribution in [0, 0.1) is 0 Å². The molecule has 1 aromatic rings. The van der Waals surface area contributed by atoms with Gasteiger partial charge < -0.3 is 29.9 Å². The molecule has 10 nitrogen and oxygen atoms in total. The maximum Gasteiger partial charge on any atom is 0.306 e. The van der Waals surface area contributed by atoms with Crippen molar-refractivity contribution >= 4 is 5.97 Å². The molecule has 5 atom stereocenters. The number of carbonyl (C=O) groups is 1. The highest BCUT2D eigenvalue weighted by Gasteiger charge is 2.44.